The van der Waals surface area contributed by atoms with Crippen LogP contribution in [0.15, 0.2) is 41.0 Å². The van der Waals surface area contributed by atoms with E-state index in [1.54, 1.807) is 19.4 Å². The summed E-state index contributed by atoms with van der Waals surface area (Å²) in [5, 5.41) is 14.4. The van der Waals surface area contributed by atoms with E-state index in [9.17, 15) is 0 Å². The first kappa shape index (κ1) is 15.7. The molecule has 0 spiro atoms. The van der Waals surface area contributed by atoms with Crippen LogP contribution in [0.1, 0.15) is 5.56 Å². The number of thiocarbonyl (C=S) groups is 1. The van der Waals surface area contributed by atoms with Gasteiger partial charge in [-0.3, -0.25) is 0 Å². The molecule has 0 aliphatic heterocycles. The lowest BCUT2D eigenvalue weighted by Gasteiger charge is -2.10. The summed E-state index contributed by atoms with van der Waals surface area (Å²) in [5.41, 5.74) is 1.21. The topological polar surface area (TPSA) is 59.1 Å². The van der Waals surface area contributed by atoms with Crippen molar-refractivity contribution in [3.63, 3.8) is 0 Å². The minimum Gasteiger partial charge on any atom is -0.497 e. The smallest absolute Gasteiger partial charge is 0.172 e. The Morgan fingerprint density at radius 2 is 2.05 bits per heavy atom. The highest BCUT2D eigenvalue weighted by atomic mass is 79.9. The van der Waals surface area contributed by atoms with Gasteiger partial charge in [-0.05, 0) is 58.3 Å². The molecule has 0 unspecified atom stereocenters. The maximum Gasteiger partial charge on any atom is 0.172 e. The first-order valence-corrected chi connectivity index (χ1v) is 7.54. The van der Waals surface area contributed by atoms with Gasteiger partial charge >= 0.3 is 0 Å². The van der Waals surface area contributed by atoms with E-state index in [2.05, 4.69) is 36.8 Å². The second-order valence-electron chi connectivity index (χ2n) is 4.21. The molecule has 0 saturated heterocycles. The number of aromatic nitrogens is 2. The Morgan fingerprint density at radius 1 is 1.29 bits per heavy atom. The number of hydrogen-bond donors (Lipinski definition) is 2. The summed E-state index contributed by atoms with van der Waals surface area (Å²) in [4.78, 5) is 0. The summed E-state index contributed by atoms with van der Waals surface area (Å²) in [6.07, 6.45) is 2.48. The van der Waals surface area contributed by atoms with E-state index in [-0.39, 0.29) is 0 Å². The third kappa shape index (κ3) is 4.95. The fourth-order valence-electron chi connectivity index (χ4n) is 1.67. The number of methoxy groups -OCH3 is 1. The second kappa shape index (κ2) is 7.90. The molecule has 1 heterocycles. The summed E-state index contributed by atoms with van der Waals surface area (Å²) in [7, 11) is 1.66. The molecule has 0 aliphatic rings. The van der Waals surface area contributed by atoms with Crippen LogP contribution in [0.5, 0.6) is 5.75 Å². The lowest BCUT2D eigenvalue weighted by molar-refractivity contribution is 0.414. The summed E-state index contributed by atoms with van der Waals surface area (Å²) in [5.74, 6) is 1.45. The van der Waals surface area contributed by atoms with E-state index in [0.29, 0.717) is 10.9 Å². The fraction of sp³-hybridized carbons (Fsp3) is 0.214. The molecule has 0 amide bonds. The van der Waals surface area contributed by atoms with Crippen molar-refractivity contribution in [2.75, 3.05) is 19.0 Å². The fourth-order valence-corrected chi connectivity index (χ4v) is 2.16. The van der Waals surface area contributed by atoms with Gasteiger partial charge in [0.25, 0.3) is 0 Å². The predicted molar refractivity (Wildman–Crippen MR) is 90.7 cm³/mol. The number of hydrogen-bond acceptors (Lipinski definition) is 4. The molecule has 21 heavy (non-hydrogen) atoms. The van der Waals surface area contributed by atoms with E-state index in [1.165, 1.54) is 5.56 Å². The Bertz CT molecular complexity index is 606. The van der Waals surface area contributed by atoms with Crippen LogP contribution < -0.4 is 15.4 Å². The highest BCUT2D eigenvalue weighted by molar-refractivity contribution is 9.10. The van der Waals surface area contributed by atoms with Crippen LogP contribution in [0.25, 0.3) is 0 Å². The standard InChI is InChI=1S/C14H15BrN4OS/c1-20-11-4-2-10(3-5-11)6-8-16-14(21)18-13-12(15)7-9-17-19-13/h2-5,7,9H,6,8H2,1H3,(H2,16,18,19,21). The molecule has 2 N–H and O–H groups in total. The number of anilines is 1. The van der Waals surface area contributed by atoms with Crippen molar-refractivity contribution in [1.29, 1.82) is 0 Å². The SMILES string of the molecule is COc1ccc(CCNC(=S)Nc2nnccc2Br)cc1. The molecule has 1 aromatic carbocycles. The third-order valence-corrected chi connectivity index (χ3v) is 3.65. The minimum atomic E-state index is 0.518. The molecule has 0 aliphatic carbocycles. The maximum absolute atomic E-state index is 5.22. The minimum absolute atomic E-state index is 0.518. The number of halogens is 1. The van der Waals surface area contributed by atoms with Crippen molar-refractivity contribution in [2.45, 2.75) is 6.42 Å². The van der Waals surface area contributed by atoms with Gasteiger partial charge in [0, 0.05) is 6.54 Å². The van der Waals surface area contributed by atoms with Crippen LogP contribution in [0.4, 0.5) is 5.82 Å². The number of benzene rings is 1. The highest BCUT2D eigenvalue weighted by Gasteiger charge is 2.03. The quantitative estimate of drug-likeness (QED) is 0.793. The molecule has 7 heteroatoms. The Hall–Kier alpha value is -1.73. The summed E-state index contributed by atoms with van der Waals surface area (Å²) < 4.78 is 5.94. The Kier molecular flexibility index (Phi) is 5.89. The number of ether oxygens (including phenoxy) is 1. The third-order valence-electron chi connectivity index (χ3n) is 2.76. The number of nitrogens with zero attached hydrogens (tertiary/aromatic N) is 2. The molecule has 0 fully saturated rings. The molecule has 2 rings (SSSR count). The van der Waals surface area contributed by atoms with Crippen molar-refractivity contribution < 1.29 is 4.74 Å². The Balaban J connectivity index is 1.77. The lowest BCUT2D eigenvalue weighted by atomic mass is 10.1. The van der Waals surface area contributed by atoms with Crippen LogP contribution in [0, 0.1) is 0 Å². The molecular weight excluding hydrogens is 352 g/mol. The van der Waals surface area contributed by atoms with Gasteiger partial charge in [0.2, 0.25) is 0 Å². The van der Waals surface area contributed by atoms with Gasteiger partial charge in [-0.1, -0.05) is 12.1 Å². The van der Waals surface area contributed by atoms with E-state index in [1.807, 2.05) is 24.3 Å². The monoisotopic (exact) mass is 366 g/mol. The molecule has 5 nitrogen and oxygen atoms in total. The first-order valence-electron chi connectivity index (χ1n) is 6.34. The average Bonchev–Trinajstić information content (AvgIpc) is 2.50. The zero-order chi connectivity index (χ0) is 15.1. The average molecular weight is 367 g/mol. The highest BCUT2D eigenvalue weighted by Crippen LogP contribution is 2.17. The van der Waals surface area contributed by atoms with E-state index < -0.39 is 0 Å². The zero-order valence-corrected chi connectivity index (χ0v) is 13.9. The van der Waals surface area contributed by atoms with Gasteiger partial charge in [0.05, 0.1) is 17.8 Å². The molecule has 1 aromatic heterocycles. The molecule has 0 atom stereocenters. The van der Waals surface area contributed by atoms with Gasteiger partial charge in [-0.15, -0.1) is 5.10 Å². The summed E-state index contributed by atoms with van der Waals surface area (Å²) >= 11 is 8.60. The Morgan fingerprint density at radius 3 is 2.71 bits per heavy atom. The van der Waals surface area contributed by atoms with Gasteiger partial charge in [-0.25, -0.2) is 0 Å². The van der Waals surface area contributed by atoms with Crippen LogP contribution >= 0.6 is 28.1 Å². The zero-order valence-electron chi connectivity index (χ0n) is 11.5. The molecule has 0 bridgehead atoms. The normalized spacial score (nSPS) is 10.0. The van der Waals surface area contributed by atoms with Gasteiger partial charge in [0.1, 0.15) is 5.75 Å². The molecule has 2 aromatic rings. The van der Waals surface area contributed by atoms with Crippen molar-refractivity contribution in [3.05, 3.63) is 46.6 Å². The predicted octanol–water partition coefficient (Wildman–Crippen LogP) is 2.78. The van der Waals surface area contributed by atoms with E-state index >= 15 is 0 Å². The second-order valence-corrected chi connectivity index (χ2v) is 5.47. The maximum atomic E-state index is 5.22. The number of rotatable bonds is 5. The molecular formula is C14H15BrN4OS. The lowest BCUT2D eigenvalue weighted by Crippen LogP contribution is -2.30. The summed E-state index contributed by atoms with van der Waals surface area (Å²) in [6.45, 7) is 0.732. The largest absolute Gasteiger partial charge is 0.497 e. The van der Waals surface area contributed by atoms with Crippen LogP contribution in [-0.2, 0) is 6.42 Å². The molecule has 110 valence electrons. The molecule has 0 saturated carbocycles. The van der Waals surface area contributed by atoms with Gasteiger partial charge < -0.3 is 15.4 Å². The first-order chi connectivity index (χ1) is 10.2. The van der Waals surface area contributed by atoms with Crippen LogP contribution in [0.2, 0.25) is 0 Å². The van der Waals surface area contributed by atoms with E-state index in [4.69, 9.17) is 17.0 Å². The van der Waals surface area contributed by atoms with Gasteiger partial charge in [0.15, 0.2) is 10.9 Å². The van der Waals surface area contributed by atoms with Crippen LogP contribution in [-0.4, -0.2) is 29.0 Å². The van der Waals surface area contributed by atoms with Crippen molar-refractivity contribution in [3.8, 4) is 5.75 Å². The molecule has 0 radical (unpaired) electrons. The van der Waals surface area contributed by atoms with E-state index in [0.717, 1.165) is 23.2 Å². The Labute approximate surface area is 137 Å². The van der Waals surface area contributed by atoms with Crippen molar-refractivity contribution >= 4 is 39.1 Å². The number of nitrogens with one attached hydrogen (secondary N) is 2. The van der Waals surface area contributed by atoms with Crippen molar-refractivity contribution in [1.82, 2.24) is 15.5 Å². The van der Waals surface area contributed by atoms with Crippen LogP contribution in [0.3, 0.4) is 0 Å². The summed E-state index contributed by atoms with van der Waals surface area (Å²) in [6, 6.07) is 9.77. The van der Waals surface area contributed by atoms with Crippen molar-refractivity contribution in [2.24, 2.45) is 0 Å². The van der Waals surface area contributed by atoms with Gasteiger partial charge in [-0.2, -0.15) is 5.10 Å².